The lowest BCUT2D eigenvalue weighted by atomic mass is 10.2. The van der Waals surface area contributed by atoms with Gasteiger partial charge in [-0.05, 0) is 48.0 Å². The Morgan fingerprint density at radius 2 is 1.94 bits per heavy atom. The minimum absolute atomic E-state index is 0.252. The summed E-state index contributed by atoms with van der Waals surface area (Å²) in [6.07, 6.45) is 6.33. The molecule has 0 aliphatic carbocycles. The summed E-state index contributed by atoms with van der Waals surface area (Å²) in [6, 6.07) is 16.4. The zero-order chi connectivity index (χ0) is 23.2. The highest BCUT2D eigenvalue weighted by molar-refractivity contribution is 6.01. The van der Waals surface area contributed by atoms with Gasteiger partial charge in [0.1, 0.15) is 12.1 Å². The molecule has 9 nitrogen and oxygen atoms in total. The van der Waals surface area contributed by atoms with Crippen LogP contribution in [0.5, 0.6) is 11.5 Å². The van der Waals surface area contributed by atoms with Crippen molar-refractivity contribution in [2.75, 3.05) is 19.0 Å². The van der Waals surface area contributed by atoms with E-state index in [1.54, 1.807) is 42.9 Å². The van der Waals surface area contributed by atoms with Crippen LogP contribution < -0.4 is 20.5 Å². The van der Waals surface area contributed by atoms with Gasteiger partial charge in [0.25, 0.3) is 5.91 Å². The molecule has 2 aromatic heterocycles. The van der Waals surface area contributed by atoms with Crippen LogP contribution in [0, 0.1) is 0 Å². The van der Waals surface area contributed by atoms with Gasteiger partial charge < -0.3 is 20.5 Å². The molecule has 2 amide bonds. The predicted molar refractivity (Wildman–Crippen MR) is 124 cm³/mol. The molecule has 4 aromatic rings. The summed E-state index contributed by atoms with van der Waals surface area (Å²) in [5.41, 5.74) is 8.20. The number of nitrogens with one attached hydrogen (secondary N) is 1. The zero-order valence-corrected chi connectivity index (χ0v) is 17.8. The van der Waals surface area contributed by atoms with Crippen LogP contribution in [0.15, 0.2) is 73.2 Å². The van der Waals surface area contributed by atoms with E-state index < -0.39 is 5.91 Å². The van der Waals surface area contributed by atoms with Gasteiger partial charge in [-0.15, -0.1) is 0 Å². The Morgan fingerprint density at radius 3 is 2.70 bits per heavy atom. The van der Waals surface area contributed by atoms with E-state index in [-0.39, 0.29) is 12.5 Å². The van der Waals surface area contributed by atoms with Crippen LogP contribution in [-0.2, 0) is 9.59 Å². The number of amides is 2. The summed E-state index contributed by atoms with van der Waals surface area (Å²) < 4.78 is 12.4. The van der Waals surface area contributed by atoms with Crippen LogP contribution in [0.1, 0.15) is 5.56 Å². The topological polar surface area (TPSA) is 121 Å². The smallest absolute Gasteiger partial charge is 0.255 e. The molecule has 0 fully saturated rings. The number of primary amides is 1. The van der Waals surface area contributed by atoms with Gasteiger partial charge in [-0.3, -0.25) is 14.2 Å². The molecule has 166 valence electrons. The highest BCUT2D eigenvalue weighted by Gasteiger charge is 2.08. The monoisotopic (exact) mass is 443 g/mol. The Bertz CT molecular complexity index is 1330. The van der Waals surface area contributed by atoms with Gasteiger partial charge in [-0.25, -0.2) is 9.97 Å². The van der Waals surface area contributed by atoms with Crippen molar-refractivity contribution in [3.63, 3.8) is 0 Å². The van der Waals surface area contributed by atoms with Gasteiger partial charge in [-0.2, -0.15) is 0 Å². The number of aromatic nitrogens is 3. The number of rotatable bonds is 8. The number of hydrogen-bond donors (Lipinski definition) is 2. The maximum Gasteiger partial charge on any atom is 0.255 e. The fourth-order valence-electron chi connectivity index (χ4n) is 3.16. The first-order valence-corrected chi connectivity index (χ1v) is 10.0. The average molecular weight is 443 g/mol. The van der Waals surface area contributed by atoms with Crippen molar-refractivity contribution in [1.82, 2.24) is 14.5 Å². The van der Waals surface area contributed by atoms with Crippen LogP contribution in [0.2, 0.25) is 0 Å². The van der Waals surface area contributed by atoms with Crippen LogP contribution in [0.4, 0.5) is 5.69 Å². The lowest BCUT2D eigenvalue weighted by molar-refractivity contribution is -0.120. The Labute approximate surface area is 189 Å². The summed E-state index contributed by atoms with van der Waals surface area (Å²) in [4.78, 5) is 32.0. The van der Waals surface area contributed by atoms with Gasteiger partial charge in [0.05, 0.1) is 30.0 Å². The molecule has 0 spiro atoms. The van der Waals surface area contributed by atoms with Crippen molar-refractivity contribution in [2.24, 2.45) is 5.73 Å². The second kappa shape index (κ2) is 9.65. The van der Waals surface area contributed by atoms with Crippen molar-refractivity contribution in [2.45, 2.75) is 0 Å². The molecule has 0 unspecified atom stereocenters. The third-order valence-electron chi connectivity index (χ3n) is 4.70. The maximum absolute atomic E-state index is 12.3. The Balaban J connectivity index is 1.41. The molecular formula is C24H21N5O4. The second-order valence-corrected chi connectivity index (χ2v) is 7.00. The molecule has 3 N–H and O–H groups in total. The van der Waals surface area contributed by atoms with Crippen LogP contribution in [0.25, 0.3) is 22.9 Å². The fourth-order valence-corrected chi connectivity index (χ4v) is 3.16. The number of pyridine rings is 1. The molecule has 4 rings (SSSR count). The van der Waals surface area contributed by atoms with Crippen LogP contribution >= 0.6 is 0 Å². The minimum atomic E-state index is -0.585. The van der Waals surface area contributed by atoms with Crippen molar-refractivity contribution in [3.8, 4) is 17.3 Å². The minimum Gasteiger partial charge on any atom is -0.493 e. The summed E-state index contributed by atoms with van der Waals surface area (Å²) >= 11 is 0. The van der Waals surface area contributed by atoms with E-state index in [0.717, 1.165) is 11.0 Å². The summed E-state index contributed by atoms with van der Waals surface area (Å²) in [6.45, 7) is -0.252. The lowest BCUT2D eigenvalue weighted by Crippen LogP contribution is -2.20. The zero-order valence-electron chi connectivity index (χ0n) is 17.8. The molecule has 33 heavy (non-hydrogen) atoms. The first kappa shape index (κ1) is 21.6. The van der Waals surface area contributed by atoms with Gasteiger partial charge in [0.2, 0.25) is 5.91 Å². The number of hydrogen-bond acceptors (Lipinski definition) is 6. The first-order valence-electron chi connectivity index (χ1n) is 10.0. The van der Waals surface area contributed by atoms with E-state index in [4.69, 9.17) is 15.2 Å². The average Bonchev–Trinajstić information content (AvgIpc) is 3.26. The van der Waals surface area contributed by atoms with Gasteiger partial charge in [-0.1, -0.05) is 18.2 Å². The van der Waals surface area contributed by atoms with E-state index >= 15 is 0 Å². The van der Waals surface area contributed by atoms with Gasteiger partial charge in [0, 0.05) is 6.08 Å². The second-order valence-electron chi connectivity index (χ2n) is 7.00. The third-order valence-corrected chi connectivity index (χ3v) is 4.70. The fraction of sp³-hybridized carbons (Fsp3) is 0.0833. The summed E-state index contributed by atoms with van der Waals surface area (Å²) in [7, 11) is 1.48. The van der Waals surface area contributed by atoms with Gasteiger partial charge >= 0.3 is 0 Å². The normalized spacial score (nSPS) is 10.9. The molecule has 2 heterocycles. The van der Waals surface area contributed by atoms with Gasteiger partial charge in [0.15, 0.2) is 18.1 Å². The van der Waals surface area contributed by atoms with E-state index in [9.17, 15) is 9.59 Å². The Hall–Kier alpha value is -4.66. The molecule has 0 saturated carbocycles. The predicted octanol–water partition coefficient (Wildman–Crippen LogP) is 2.95. The molecular weight excluding hydrogens is 422 g/mol. The number of anilines is 1. The summed E-state index contributed by atoms with van der Waals surface area (Å²) in [5.74, 6) is 0.604. The number of nitrogens with zero attached hydrogens (tertiary/aromatic N) is 3. The van der Waals surface area contributed by atoms with Crippen molar-refractivity contribution >= 4 is 34.6 Å². The van der Waals surface area contributed by atoms with Crippen molar-refractivity contribution in [1.29, 1.82) is 0 Å². The number of imidazole rings is 1. The lowest BCUT2D eigenvalue weighted by Gasteiger charge is -2.10. The quantitative estimate of drug-likeness (QED) is 0.404. The van der Waals surface area contributed by atoms with E-state index in [1.807, 2.05) is 34.9 Å². The Morgan fingerprint density at radius 1 is 1.09 bits per heavy atom. The summed E-state index contributed by atoms with van der Waals surface area (Å²) in [5, 5.41) is 2.77. The molecule has 0 atom stereocenters. The van der Waals surface area contributed by atoms with Crippen LogP contribution in [-0.4, -0.2) is 40.1 Å². The van der Waals surface area contributed by atoms with Crippen molar-refractivity contribution < 1.29 is 19.1 Å². The molecule has 0 aliphatic heterocycles. The van der Waals surface area contributed by atoms with E-state index in [1.165, 1.54) is 13.2 Å². The number of ether oxygens (including phenoxy) is 2. The first-order chi connectivity index (χ1) is 16.0. The number of benzene rings is 2. The highest BCUT2D eigenvalue weighted by atomic mass is 16.5. The number of fused-ring (bicyclic) bond motifs is 1. The molecule has 2 aromatic carbocycles. The standard InChI is InChI=1S/C24H21N5O4/c1-32-21-12-16(6-9-20(21)33-14-22(25)30)7-11-24(31)28-17-8-10-23(26-13-17)29-15-27-18-4-2-3-5-19(18)29/h2-13,15H,14H2,1H3,(H2,25,30)(H,28,31)/b11-7+. The molecule has 0 radical (unpaired) electrons. The third kappa shape index (κ3) is 5.16. The van der Waals surface area contributed by atoms with E-state index in [2.05, 4.69) is 15.3 Å². The molecule has 9 heteroatoms. The van der Waals surface area contributed by atoms with E-state index in [0.29, 0.717) is 28.6 Å². The SMILES string of the molecule is COc1cc(/C=C/C(=O)Nc2ccc(-n3cnc4ccccc43)nc2)ccc1OCC(N)=O. The molecule has 0 bridgehead atoms. The largest absolute Gasteiger partial charge is 0.493 e. The number of methoxy groups -OCH3 is 1. The molecule has 0 aliphatic rings. The van der Waals surface area contributed by atoms with Crippen LogP contribution in [0.3, 0.4) is 0 Å². The highest BCUT2D eigenvalue weighted by Crippen LogP contribution is 2.28. The number of carbonyl (C=O) groups excluding carboxylic acids is 2. The molecule has 0 saturated heterocycles. The number of para-hydroxylation sites is 2. The maximum atomic E-state index is 12.3. The Kier molecular flexibility index (Phi) is 6.31. The number of carbonyl (C=O) groups is 2. The number of nitrogens with two attached hydrogens (primary N) is 1. The van der Waals surface area contributed by atoms with Crippen molar-refractivity contribution in [3.05, 3.63) is 78.8 Å².